The van der Waals surface area contributed by atoms with Gasteiger partial charge in [-0.15, -0.1) is 0 Å². The minimum Gasteiger partial charge on any atom is -0.400 e. The monoisotopic (exact) mass is 174 g/mol. The summed E-state index contributed by atoms with van der Waals surface area (Å²) in [7, 11) is 7.98. The second-order valence-corrected chi connectivity index (χ2v) is 2.47. The number of aliphatic hydroxyl groups is 2. The zero-order valence-corrected chi connectivity index (χ0v) is 7.43. The van der Waals surface area contributed by atoms with E-state index in [4.69, 9.17) is 22.4 Å². The Morgan fingerprint density at radius 1 is 1.58 bits per heavy atom. The highest BCUT2D eigenvalue weighted by Crippen LogP contribution is 2.17. The molecule has 0 aromatic carbocycles. The van der Waals surface area contributed by atoms with Crippen molar-refractivity contribution in [1.29, 1.82) is 0 Å². The number of ether oxygens (including phenoxy) is 2. The molecule has 1 heterocycles. The number of aliphatic hydroxyl groups excluding tert-OH is 2. The summed E-state index contributed by atoms with van der Waals surface area (Å²) in [5.41, 5.74) is 0. The summed E-state index contributed by atoms with van der Waals surface area (Å²) < 4.78 is 9.92. The maximum Gasteiger partial charge on any atom is 0.109 e. The Kier molecular flexibility index (Phi) is 6.37. The largest absolute Gasteiger partial charge is 0.400 e. The van der Waals surface area contributed by atoms with Crippen molar-refractivity contribution >= 4 is 7.85 Å². The first kappa shape index (κ1) is 11.9. The summed E-state index contributed by atoms with van der Waals surface area (Å²) in [4.78, 5) is 0. The smallest absolute Gasteiger partial charge is 0.109 e. The van der Waals surface area contributed by atoms with Crippen molar-refractivity contribution in [2.24, 2.45) is 0 Å². The van der Waals surface area contributed by atoms with Crippen LogP contribution >= 0.6 is 0 Å². The first-order valence-corrected chi connectivity index (χ1v) is 3.77. The molecule has 1 aliphatic heterocycles. The Morgan fingerprint density at radius 3 is 2.50 bits per heavy atom. The molecule has 4 nitrogen and oxygen atoms in total. The second kappa shape index (κ2) is 6.42. The molecular weight excluding hydrogens is 159 g/mol. The Bertz CT molecular complexity index is 112. The highest BCUT2D eigenvalue weighted by atomic mass is 16.5. The van der Waals surface area contributed by atoms with Gasteiger partial charge < -0.3 is 19.7 Å². The normalized spacial score (nSPS) is 34.2. The molecule has 0 bridgehead atoms. The first-order valence-electron chi connectivity index (χ1n) is 3.77. The van der Waals surface area contributed by atoms with E-state index in [2.05, 4.69) is 0 Å². The number of methoxy groups -OCH3 is 1. The molecular formula is C7H15BO4. The van der Waals surface area contributed by atoms with E-state index in [1.165, 1.54) is 0 Å². The molecule has 0 saturated carbocycles. The fraction of sp³-hybridized carbons (Fsp3) is 1.00. The van der Waals surface area contributed by atoms with Crippen molar-refractivity contribution in [1.82, 2.24) is 0 Å². The molecule has 70 valence electrons. The van der Waals surface area contributed by atoms with Gasteiger partial charge in [-0.05, 0) is 6.42 Å². The van der Waals surface area contributed by atoms with Crippen LogP contribution in [0.3, 0.4) is 0 Å². The van der Waals surface area contributed by atoms with Crippen LogP contribution in [0.5, 0.6) is 0 Å². The van der Waals surface area contributed by atoms with Crippen LogP contribution in [0.15, 0.2) is 0 Å². The lowest BCUT2D eigenvalue weighted by molar-refractivity contribution is -0.0173. The van der Waals surface area contributed by atoms with E-state index >= 15 is 0 Å². The van der Waals surface area contributed by atoms with Gasteiger partial charge in [0.05, 0.1) is 12.7 Å². The molecule has 0 aromatic rings. The SMILES string of the molecule is CO.[B]C1CC(O)C(COC)O1. The number of rotatable bonds is 2. The molecule has 5 heteroatoms. The van der Waals surface area contributed by atoms with E-state index in [9.17, 15) is 5.11 Å². The fourth-order valence-corrected chi connectivity index (χ4v) is 1.08. The first-order chi connectivity index (χ1) is 5.74. The summed E-state index contributed by atoms with van der Waals surface area (Å²) >= 11 is 0. The quantitative estimate of drug-likeness (QED) is 0.521. The van der Waals surface area contributed by atoms with Gasteiger partial charge in [0, 0.05) is 20.2 Å². The van der Waals surface area contributed by atoms with Crippen molar-refractivity contribution < 1.29 is 19.7 Å². The molecule has 0 spiro atoms. The van der Waals surface area contributed by atoms with E-state index in [-0.39, 0.29) is 12.1 Å². The third-order valence-electron chi connectivity index (χ3n) is 1.58. The molecule has 1 aliphatic rings. The molecule has 2 radical (unpaired) electrons. The second-order valence-electron chi connectivity index (χ2n) is 2.47. The van der Waals surface area contributed by atoms with Gasteiger partial charge in [0.1, 0.15) is 14.0 Å². The third kappa shape index (κ3) is 3.54. The summed E-state index contributed by atoms with van der Waals surface area (Å²) in [6.45, 7) is 0.412. The fourth-order valence-electron chi connectivity index (χ4n) is 1.08. The van der Waals surface area contributed by atoms with Crippen molar-refractivity contribution in [2.45, 2.75) is 24.6 Å². The van der Waals surface area contributed by atoms with E-state index in [0.29, 0.717) is 13.0 Å². The lowest BCUT2D eigenvalue weighted by Gasteiger charge is -2.11. The van der Waals surface area contributed by atoms with E-state index in [0.717, 1.165) is 7.11 Å². The molecule has 2 N–H and O–H groups in total. The van der Waals surface area contributed by atoms with Gasteiger partial charge in [0.2, 0.25) is 0 Å². The van der Waals surface area contributed by atoms with Gasteiger partial charge in [-0.1, -0.05) is 0 Å². The molecule has 1 saturated heterocycles. The van der Waals surface area contributed by atoms with Gasteiger partial charge in [0.15, 0.2) is 0 Å². The van der Waals surface area contributed by atoms with Crippen LogP contribution in [-0.2, 0) is 9.47 Å². The maximum absolute atomic E-state index is 9.21. The van der Waals surface area contributed by atoms with E-state index in [1.807, 2.05) is 0 Å². The average molecular weight is 174 g/mol. The molecule has 1 fully saturated rings. The average Bonchev–Trinajstić information content (AvgIpc) is 2.35. The Morgan fingerprint density at radius 2 is 2.17 bits per heavy atom. The van der Waals surface area contributed by atoms with Gasteiger partial charge in [-0.25, -0.2) is 0 Å². The summed E-state index contributed by atoms with van der Waals surface area (Å²) in [6, 6.07) is -0.324. The highest BCUT2D eigenvalue weighted by molar-refractivity contribution is 6.11. The lowest BCUT2D eigenvalue weighted by Crippen LogP contribution is -2.25. The topological polar surface area (TPSA) is 58.9 Å². The third-order valence-corrected chi connectivity index (χ3v) is 1.58. The van der Waals surface area contributed by atoms with Crippen molar-refractivity contribution in [3.05, 3.63) is 0 Å². The minimum absolute atomic E-state index is 0.236. The van der Waals surface area contributed by atoms with E-state index < -0.39 is 6.10 Å². The number of hydrogen-bond donors (Lipinski definition) is 2. The van der Waals surface area contributed by atoms with Crippen LogP contribution in [0.2, 0.25) is 0 Å². The zero-order chi connectivity index (χ0) is 9.56. The van der Waals surface area contributed by atoms with Crippen molar-refractivity contribution in [2.75, 3.05) is 20.8 Å². The molecule has 12 heavy (non-hydrogen) atoms. The predicted octanol–water partition coefficient (Wildman–Crippen LogP) is -1.11. The maximum atomic E-state index is 9.21. The molecule has 0 aromatic heterocycles. The molecule has 0 aliphatic carbocycles. The van der Waals surface area contributed by atoms with Gasteiger partial charge >= 0.3 is 0 Å². The van der Waals surface area contributed by atoms with Crippen LogP contribution < -0.4 is 0 Å². The molecule has 0 amide bonds. The van der Waals surface area contributed by atoms with Crippen molar-refractivity contribution in [3.8, 4) is 0 Å². The van der Waals surface area contributed by atoms with E-state index in [1.54, 1.807) is 7.11 Å². The zero-order valence-electron chi connectivity index (χ0n) is 7.43. The molecule has 3 unspecified atom stereocenters. The molecule has 1 rings (SSSR count). The number of hydrogen-bond acceptors (Lipinski definition) is 4. The Labute approximate surface area is 73.9 Å². The van der Waals surface area contributed by atoms with Gasteiger partial charge in [-0.3, -0.25) is 0 Å². The molecule has 3 atom stereocenters. The van der Waals surface area contributed by atoms with Crippen LogP contribution in [0.25, 0.3) is 0 Å². The Hall–Kier alpha value is -0.0951. The highest BCUT2D eigenvalue weighted by Gasteiger charge is 2.30. The van der Waals surface area contributed by atoms with Crippen molar-refractivity contribution in [3.63, 3.8) is 0 Å². The summed E-state index contributed by atoms with van der Waals surface area (Å²) in [6.07, 6.45) is -0.191. The van der Waals surface area contributed by atoms with Crippen LogP contribution in [0.4, 0.5) is 0 Å². The van der Waals surface area contributed by atoms with Gasteiger partial charge in [0.25, 0.3) is 0 Å². The van der Waals surface area contributed by atoms with Crippen LogP contribution in [0.1, 0.15) is 6.42 Å². The summed E-state index contributed by atoms with van der Waals surface area (Å²) in [5, 5.41) is 16.2. The van der Waals surface area contributed by atoms with Gasteiger partial charge in [-0.2, -0.15) is 0 Å². The van der Waals surface area contributed by atoms with Crippen LogP contribution in [-0.4, -0.2) is 57.1 Å². The standard InChI is InChI=1S/C6H11BO3.CH4O/c1-9-3-5-4(8)2-6(7)10-5;1-2/h4-6,8H,2-3H2,1H3;2H,1H3. The predicted molar refractivity (Wildman–Crippen MR) is 45.1 cm³/mol. The Balaban J connectivity index is 0.000000561. The summed E-state index contributed by atoms with van der Waals surface area (Å²) in [5.74, 6) is 0. The minimum atomic E-state index is -0.463. The van der Waals surface area contributed by atoms with Crippen LogP contribution in [0, 0.1) is 0 Å². The lowest BCUT2D eigenvalue weighted by atomic mass is 9.96.